The zero-order valence-corrected chi connectivity index (χ0v) is 18.6. The summed E-state index contributed by atoms with van der Waals surface area (Å²) < 4.78 is 39.5. The van der Waals surface area contributed by atoms with Crippen molar-refractivity contribution in [1.29, 1.82) is 0 Å². The van der Waals surface area contributed by atoms with E-state index in [1.54, 1.807) is 12.1 Å². The van der Waals surface area contributed by atoms with Crippen molar-refractivity contribution in [1.82, 2.24) is 0 Å². The third-order valence-electron chi connectivity index (χ3n) is 8.10. The highest BCUT2D eigenvalue weighted by atomic mass is 35.5. The summed E-state index contributed by atoms with van der Waals surface area (Å²) >= 11 is 6.17. The van der Waals surface area contributed by atoms with E-state index in [1.165, 1.54) is 6.92 Å². The molecule has 0 aromatic heterocycles. The first-order chi connectivity index (χ1) is 14.9. The fourth-order valence-electron chi connectivity index (χ4n) is 5.98. The van der Waals surface area contributed by atoms with Gasteiger partial charge in [-0.15, -0.1) is 0 Å². The Bertz CT molecular complexity index is 925. The average Bonchev–Trinajstić information content (AvgIpc) is 2.77. The smallest absolute Gasteiger partial charge is 0.371 e. The lowest BCUT2D eigenvalue weighted by atomic mass is 9.72. The van der Waals surface area contributed by atoms with Crippen LogP contribution in [-0.4, -0.2) is 65.4 Å². The second-order valence-corrected chi connectivity index (χ2v) is 9.82. The number of rotatable bonds is 3. The number of amides is 2. The van der Waals surface area contributed by atoms with Gasteiger partial charge in [-0.2, -0.15) is 13.2 Å². The summed E-state index contributed by atoms with van der Waals surface area (Å²) in [7, 11) is 0. The van der Waals surface area contributed by atoms with Crippen LogP contribution >= 0.6 is 11.6 Å². The number of hydrogen-bond acceptors (Lipinski definition) is 4. The van der Waals surface area contributed by atoms with Crippen molar-refractivity contribution in [3.8, 4) is 0 Å². The Morgan fingerprint density at radius 2 is 1.75 bits per heavy atom. The van der Waals surface area contributed by atoms with Crippen molar-refractivity contribution < 1.29 is 32.3 Å². The molecule has 6 nitrogen and oxygen atoms in total. The predicted molar refractivity (Wildman–Crippen MR) is 113 cm³/mol. The fourth-order valence-corrected chi connectivity index (χ4v) is 6.25. The molecule has 3 saturated heterocycles. The molecule has 0 saturated carbocycles. The molecule has 1 spiro atoms. The van der Waals surface area contributed by atoms with Crippen LogP contribution in [0.5, 0.6) is 0 Å². The number of carbonyl (C=O) groups is 2. The number of aliphatic hydroxyl groups is 1. The van der Waals surface area contributed by atoms with E-state index in [0.29, 0.717) is 42.8 Å². The Labute approximate surface area is 189 Å². The van der Waals surface area contributed by atoms with Crippen molar-refractivity contribution in [3.05, 3.63) is 28.8 Å². The van der Waals surface area contributed by atoms with Crippen LogP contribution in [0.4, 0.5) is 18.9 Å². The molecule has 0 aliphatic carbocycles. The van der Waals surface area contributed by atoms with E-state index < -0.39 is 29.6 Å². The lowest BCUT2D eigenvalue weighted by Crippen LogP contribution is -2.88. The van der Waals surface area contributed by atoms with E-state index in [0.717, 1.165) is 31.6 Å². The van der Waals surface area contributed by atoms with Gasteiger partial charge in [0, 0.05) is 31.6 Å². The molecule has 2 atom stereocenters. The van der Waals surface area contributed by atoms with Crippen LogP contribution in [-0.2, 0) is 4.79 Å². The van der Waals surface area contributed by atoms with Crippen LogP contribution in [0.3, 0.4) is 0 Å². The van der Waals surface area contributed by atoms with Crippen molar-refractivity contribution in [2.75, 3.05) is 31.1 Å². The van der Waals surface area contributed by atoms with Gasteiger partial charge in [-0.25, -0.2) is 4.79 Å². The van der Waals surface area contributed by atoms with Crippen LogP contribution in [0.15, 0.2) is 18.2 Å². The quantitative estimate of drug-likeness (QED) is 0.521. The number of halogens is 4. The van der Waals surface area contributed by atoms with Gasteiger partial charge < -0.3 is 15.7 Å². The molecular formula is C22H28ClF3N3O3+. The number of hydrogen-bond donors (Lipinski definition) is 2. The van der Waals surface area contributed by atoms with Crippen LogP contribution < -0.4 is 10.6 Å². The average molecular weight is 475 g/mol. The van der Waals surface area contributed by atoms with Crippen LogP contribution in [0.25, 0.3) is 0 Å². The van der Waals surface area contributed by atoms with E-state index in [4.69, 9.17) is 17.3 Å². The van der Waals surface area contributed by atoms with Gasteiger partial charge in [-0.3, -0.25) is 9.28 Å². The zero-order valence-electron chi connectivity index (χ0n) is 17.9. The van der Waals surface area contributed by atoms with E-state index in [9.17, 15) is 27.9 Å². The molecule has 0 bridgehead atoms. The Balaban J connectivity index is 1.34. The maximum Gasteiger partial charge on any atom is 0.436 e. The normalized spacial score (nSPS) is 33.9. The standard InChI is InChI=1S/C22H27ClF3N3O3/c1-13-21(32,22(24,25)26)20(31)29(13)10-6-15(7-11-29)14-4-8-28(9-5-14)16-2-3-17(19(27)30)18(23)12-16/h2-3,12-15,32H,4-11H2,1H3,(H-,27,30)/p+1. The first kappa shape index (κ1) is 23.3. The minimum Gasteiger partial charge on any atom is -0.371 e. The van der Waals surface area contributed by atoms with Gasteiger partial charge in [0.25, 0.3) is 0 Å². The van der Waals surface area contributed by atoms with Gasteiger partial charge in [0.2, 0.25) is 5.91 Å². The number of nitrogens with zero attached hydrogens (tertiary/aromatic N) is 2. The minimum absolute atomic E-state index is 0.254. The first-order valence-corrected chi connectivity index (χ1v) is 11.3. The highest BCUT2D eigenvalue weighted by Crippen LogP contribution is 2.51. The number of carbonyl (C=O) groups excluding carboxylic acids is 2. The number of anilines is 1. The molecule has 32 heavy (non-hydrogen) atoms. The molecule has 4 rings (SSSR count). The number of quaternary nitrogens is 1. The van der Waals surface area contributed by atoms with Gasteiger partial charge in [0.05, 0.1) is 23.7 Å². The maximum absolute atomic E-state index is 13.2. The molecule has 3 heterocycles. The Kier molecular flexibility index (Phi) is 5.75. The van der Waals surface area contributed by atoms with Gasteiger partial charge in [0.1, 0.15) is 6.04 Å². The Morgan fingerprint density at radius 3 is 2.22 bits per heavy atom. The predicted octanol–water partition coefficient (Wildman–Crippen LogP) is 3.10. The number of alkyl halides is 3. The number of benzene rings is 1. The molecule has 0 radical (unpaired) electrons. The SMILES string of the molecule is CC1C(O)(C(F)(F)F)C(=O)[N+]12CCC(C1CCN(c3ccc(C(N)=O)c(Cl)c3)CC1)CC2. The number of nitrogens with two attached hydrogens (primary N) is 1. The van der Waals surface area contributed by atoms with Gasteiger partial charge in [-0.05, 0) is 49.8 Å². The largest absolute Gasteiger partial charge is 0.436 e. The number of primary amides is 1. The topological polar surface area (TPSA) is 83.6 Å². The highest BCUT2D eigenvalue weighted by Gasteiger charge is 2.83. The lowest BCUT2D eigenvalue weighted by molar-refractivity contribution is -0.930. The third-order valence-corrected chi connectivity index (χ3v) is 8.41. The van der Waals surface area contributed by atoms with Crippen LogP contribution in [0.1, 0.15) is 43.0 Å². The lowest BCUT2D eigenvalue weighted by Gasteiger charge is -2.59. The summed E-state index contributed by atoms with van der Waals surface area (Å²) in [6.45, 7) is 3.68. The van der Waals surface area contributed by atoms with Crippen molar-refractivity contribution in [2.45, 2.75) is 50.4 Å². The summed E-state index contributed by atoms with van der Waals surface area (Å²) in [6, 6.07) is 4.05. The monoisotopic (exact) mass is 474 g/mol. The van der Waals surface area contributed by atoms with Crippen LogP contribution in [0.2, 0.25) is 5.02 Å². The summed E-state index contributed by atoms with van der Waals surface area (Å²) in [5.41, 5.74) is 3.31. The van der Waals surface area contributed by atoms with Gasteiger partial charge in [-0.1, -0.05) is 11.6 Å². The fraction of sp³-hybridized carbons (Fsp3) is 0.636. The molecule has 1 aromatic carbocycles. The molecule has 10 heteroatoms. The van der Waals surface area contributed by atoms with Crippen molar-refractivity contribution in [2.24, 2.45) is 17.6 Å². The van der Waals surface area contributed by atoms with Gasteiger partial charge >= 0.3 is 17.7 Å². The zero-order chi connectivity index (χ0) is 23.5. The van der Waals surface area contributed by atoms with Crippen molar-refractivity contribution in [3.63, 3.8) is 0 Å². The summed E-state index contributed by atoms with van der Waals surface area (Å²) in [6.07, 6.45) is -1.68. The number of β-lactam (4-membered cyclic amide) rings is 1. The third kappa shape index (κ3) is 3.40. The summed E-state index contributed by atoms with van der Waals surface area (Å²) in [5, 5.41) is 10.3. The molecule has 3 aliphatic rings. The molecule has 3 fully saturated rings. The number of piperidine rings is 2. The molecule has 2 amide bonds. The van der Waals surface area contributed by atoms with E-state index in [1.807, 2.05) is 6.07 Å². The molecule has 3 aliphatic heterocycles. The Hall–Kier alpha value is -1.84. The minimum atomic E-state index is -4.94. The van der Waals surface area contributed by atoms with Crippen LogP contribution in [0, 0.1) is 11.8 Å². The van der Waals surface area contributed by atoms with E-state index in [2.05, 4.69) is 4.90 Å². The summed E-state index contributed by atoms with van der Waals surface area (Å²) in [5.74, 6) is -0.856. The molecule has 2 unspecified atom stereocenters. The molecule has 176 valence electrons. The molecule has 3 N–H and O–H groups in total. The van der Waals surface area contributed by atoms with Crippen molar-refractivity contribution >= 4 is 29.1 Å². The molecular weight excluding hydrogens is 447 g/mol. The summed E-state index contributed by atoms with van der Waals surface area (Å²) in [4.78, 5) is 26.0. The van der Waals surface area contributed by atoms with E-state index in [-0.39, 0.29) is 10.0 Å². The van der Waals surface area contributed by atoms with Gasteiger partial charge in [0.15, 0.2) is 0 Å². The second-order valence-electron chi connectivity index (χ2n) is 9.42. The maximum atomic E-state index is 13.2. The second kappa shape index (κ2) is 7.88. The van der Waals surface area contributed by atoms with E-state index >= 15 is 0 Å². The highest BCUT2D eigenvalue weighted by molar-refractivity contribution is 6.34. The molecule has 1 aromatic rings. The Morgan fingerprint density at radius 1 is 1.19 bits per heavy atom. The first-order valence-electron chi connectivity index (χ1n) is 11.0.